The summed E-state index contributed by atoms with van der Waals surface area (Å²) in [4.78, 5) is 36.5. The largest absolute Gasteiger partial charge is 0.478 e. The first-order valence-electron chi connectivity index (χ1n) is 6.34. The van der Waals surface area contributed by atoms with Gasteiger partial charge in [0.25, 0.3) is 5.91 Å². The summed E-state index contributed by atoms with van der Waals surface area (Å²) < 4.78 is 0. The SMILES string of the molecule is Cc1cc(C(=O)O)cc(C(=O)N2CCNC(=O)C2C)c1. The summed E-state index contributed by atoms with van der Waals surface area (Å²) in [5.74, 6) is -1.60. The molecule has 0 aromatic heterocycles. The van der Waals surface area contributed by atoms with Crippen molar-refractivity contribution in [2.45, 2.75) is 19.9 Å². The van der Waals surface area contributed by atoms with Gasteiger partial charge in [0.2, 0.25) is 5.91 Å². The molecule has 1 saturated heterocycles. The number of hydrogen-bond acceptors (Lipinski definition) is 3. The van der Waals surface area contributed by atoms with E-state index >= 15 is 0 Å². The molecule has 20 heavy (non-hydrogen) atoms. The van der Waals surface area contributed by atoms with E-state index < -0.39 is 12.0 Å². The summed E-state index contributed by atoms with van der Waals surface area (Å²) in [6.07, 6.45) is 0. The second-order valence-corrected chi connectivity index (χ2v) is 4.86. The van der Waals surface area contributed by atoms with Crippen molar-refractivity contribution in [3.8, 4) is 0 Å². The molecule has 1 unspecified atom stereocenters. The van der Waals surface area contributed by atoms with Crippen LogP contribution in [-0.4, -0.2) is 46.9 Å². The minimum atomic E-state index is -1.08. The van der Waals surface area contributed by atoms with Gasteiger partial charge < -0.3 is 15.3 Å². The number of carboxylic acid groups (broad SMARTS) is 1. The molecule has 1 aromatic carbocycles. The number of nitrogens with zero attached hydrogens (tertiary/aromatic N) is 1. The Labute approximate surface area is 116 Å². The number of aryl methyl sites for hydroxylation is 1. The predicted octanol–water partition coefficient (Wildman–Crippen LogP) is 0.654. The molecule has 106 valence electrons. The molecule has 0 radical (unpaired) electrons. The molecule has 1 aromatic rings. The zero-order valence-electron chi connectivity index (χ0n) is 11.3. The molecule has 1 atom stereocenters. The molecule has 2 rings (SSSR count). The number of piperazine rings is 1. The third-order valence-corrected chi connectivity index (χ3v) is 3.33. The topological polar surface area (TPSA) is 86.7 Å². The molecule has 6 heteroatoms. The number of aromatic carboxylic acids is 1. The molecule has 6 nitrogen and oxygen atoms in total. The monoisotopic (exact) mass is 276 g/mol. The lowest BCUT2D eigenvalue weighted by atomic mass is 10.0. The van der Waals surface area contributed by atoms with Gasteiger partial charge in [-0.1, -0.05) is 0 Å². The van der Waals surface area contributed by atoms with Crippen LogP contribution < -0.4 is 5.32 Å². The van der Waals surface area contributed by atoms with Gasteiger partial charge in [0.15, 0.2) is 0 Å². The minimum Gasteiger partial charge on any atom is -0.478 e. The molecule has 0 aliphatic carbocycles. The van der Waals surface area contributed by atoms with Crippen molar-refractivity contribution in [2.75, 3.05) is 13.1 Å². The maximum atomic E-state index is 12.4. The maximum Gasteiger partial charge on any atom is 0.335 e. The molecule has 2 N–H and O–H groups in total. The molecule has 2 amide bonds. The van der Waals surface area contributed by atoms with E-state index in [1.54, 1.807) is 19.9 Å². The Balaban J connectivity index is 2.33. The molecule has 0 spiro atoms. The Bertz CT molecular complexity index is 583. The zero-order chi connectivity index (χ0) is 14.9. The van der Waals surface area contributed by atoms with Crippen LogP contribution in [0.25, 0.3) is 0 Å². The summed E-state index contributed by atoms with van der Waals surface area (Å²) in [6.45, 7) is 4.21. The number of carboxylic acids is 1. The summed E-state index contributed by atoms with van der Waals surface area (Å²) in [5.41, 5.74) is 1.06. The van der Waals surface area contributed by atoms with Crippen molar-refractivity contribution < 1.29 is 19.5 Å². The number of hydrogen-bond donors (Lipinski definition) is 2. The lowest BCUT2D eigenvalue weighted by Gasteiger charge is -2.33. The van der Waals surface area contributed by atoms with Gasteiger partial charge in [0.05, 0.1) is 5.56 Å². The lowest BCUT2D eigenvalue weighted by molar-refractivity contribution is -0.127. The first kappa shape index (κ1) is 14.0. The van der Waals surface area contributed by atoms with Crippen LogP contribution in [0.4, 0.5) is 0 Å². The van der Waals surface area contributed by atoms with E-state index in [4.69, 9.17) is 5.11 Å². The summed E-state index contributed by atoms with van der Waals surface area (Å²) in [7, 11) is 0. The molecule has 1 aliphatic heterocycles. The average Bonchev–Trinajstić information content (AvgIpc) is 2.40. The molecular formula is C14H16N2O4. The van der Waals surface area contributed by atoms with Crippen molar-refractivity contribution in [2.24, 2.45) is 0 Å². The molecule has 1 fully saturated rings. The van der Waals surface area contributed by atoms with Gasteiger partial charge in [-0.25, -0.2) is 4.79 Å². The fourth-order valence-corrected chi connectivity index (χ4v) is 2.26. The number of amides is 2. The van der Waals surface area contributed by atoms with Crippen LogP contribution in [0.2, 0.25) is 0 Å². The minimum absolute atomic E-state index is 0.0717. The third kappa shape index (κ3) is 2.64. The maximum absolute atomic E-state index is 12.4. The fourth-order valence-electron chi connectivity index (χ4n) is 2.26. The van der Waals surface area contributed by atoms with E-state index in [0.717, 1.165) is 0 Å². The van der Waals surface area contributed by atoms with Crippen LogP contribution in [0.5, 0.6) is 0 Å². The van der Waals surface area contributed by atoms with E-state index in [0.29, 0.717) is 24.2 Å². The van der Waals surface area contributed by atoms with Crippen LogP contribution in [0, 0.1) is 6.92 Å². The van der Waals surface area contributed by atoms with Crippen LogP contribution in [0.1, 0.15) is 33.2 Å². The first-order valence-corrected chi connectivity index (χ1v) is 6.34. The normalized spacial score (nSPS) is 18.6. The van der Waals surface area contributed by atoms with Crippen molar-refractivity contribution in [1.29, 1.82) is 0 Å². The molecule has 1 aliphatic rings. The van der Waals surface area contributed by atoms with Gasteiger partial charge in [0.1, 0.15) is 6.04 Å². The number of carbonyl (C=O) groups is 3. The van der Waals surface area contributed by atoms with Gasteiger partial charge >= 0.3 is 5.97 Å². The number of rotatable bonds is 2. The number of benzene rings is 1. The second kappa shape index (κ2) is 5.32. The standard InChI is InChI=1S/C14H16N2O4/c1-8-5-10(7-11(6-8)14(19)20)13(18)16-4-3-15-12(17)9(16)2/h5-7,9H,3-4H2,1-2H3,(H,15,17)(H,19,20). The Morgan fingerprint density at radius 3 is 2.60 bits per heavy atom. The summed E-state index contributed by atoms with van der Waals surface area (Å²) in [6, 6.07) is 3.93. The number of nitrogens with one attached hydrogen (secondary N) is 1. The zero-order valence-corrected chi connectivity index (χ0v) is 11.3. The van der Waals surface area contributed by atoms with Crippen molar-refractivity contribution >= 4 is 17.8 Å². The van der Waals surface area contributed by atoms with Gasteiger partial charge in [-0.05, 0) is 37.6 Å². The summed E-state index contributed by atoms with van der Waals surface area (Å²) >= 11 is 0. The Morgan fingerprint density at radius 1 is 1.30 bits per heavy atom. The summed E-state index contributed by atoms with van der Waals surface area (Å²) in [5, 5.41) is 11.7. The number of carbonyl (C=O) groups excluding carboxylic acids is 2. The van der Waals surface area contributed by atoms with Crippen LogP contribution in [0.15, 0.2) is 18.2 Å². The highest BCUT2D eigenvalue weighted by atomic mass is 16.4. The third-order valence-electron chi connectivity index (χ3n) is 3.33. The highest BCUT2D eigenvalue weighted by molar-refractivity contribution is 6.00. The van der Waals surface area contributed by atoms with Crippen molar-refractivity contribution in [3.05, 3.63) is 34.9 Å². The Morgan fingerprint density at radius 2 is 1.95 bits per heavy atom. The predicted molar refractivity (Wildman–Crippen MR) is 71.6 cm³/mol. The smallest absolute Gasteiger partial charge is 0.335 e. The van der Waals surface area contributed by atoms with E-state index in [-0.39, 0.29) is 17.4 Å². The molecular weight excluding hydrogens is 260 g/mol. The molecule has 0 saturated carbocycles. The Kier molecular flexibility index (Phi) is 3.74. The highest BCUT2D eigenvalue weighted by Crippen LogP contribution is 2.15. The van der Waals surface area contributed by atoms with Crippen molar-refractivity contribution in [3.63, 3.8) is 0 Å². The van der Waals surface area contributed by atoms with Crippen LogP contribution >= 0.6 is 0 Å². The quantitative estimate of drug-likeness (QED) is 0.830. The van der Waals surface area contributed by atoms with E-state index in [9.17, 15) is 14.4 Å². The van der Waals surface area contributed by atoms with E-state index in [1.807, 2.05) is 0 Å². The van der Waals surface area contributed by atoms with Gasteiger partial charge in [-0.15, -0.1) is 0 Å². The van der Waals surface area contributed by atoms with E-state index in [1.165, 1.54) is 17.0 Å². The molecule has 1 heterocycles. The fraction of sp³-hybridized carbons (Fsp3) is 0.357. The van der Waals surface area contributed by atoms with Gasteiger partial charge in [-0.3, -0.25) is 9.59 Å². The van der Waals surface area contributed by atoms with Gasteiger partial charge in [0, 0.05) is 18.7 Å². The van der Waals surface area contributed by atoms with Gasteiger partial charge in [-0.2, -0.15) is 0 Å². The second-order valence-electron chi connectivity index (χ2n) is 4.86. The lowest BCUT2D eigenvalue weighted by Crippen LogP contribution is -2.55. The van der Waals surface area contributed by atoms with Crippen LogP contribution in [0.3, 0.4) is 0 Å². The molecule has 0 bridgehead atoms. The van der Waals surface area contributed by atoms with Crippen molar-refractivity contribution in [1.82, 2.24) is 10.2 Å². The first-order chi connectivity index (χ1) is 9.40. The Hall–Kier alpha value is -2.37. The van der Waals surface area contributed by atoms with Crippen LogP contribution in [-0.2, 0) is 4.79 Å². The van der Waals surface area contributed by atoms with E-state index in [2.05, 4.69) is 5.32 Å². The average molecular weight is 276 g/mol. The highest BCUT2D eigenvalue weighted by Gasteiger charge is 2.30.